The van der Waals surface area contributed by atoms with Gasteiger partial charge in [-0.3, -0.25) is 0 Å². The van der Waals surface area contributed by atoms with E-state index in [1.807, 2.05) is 0 Å². The molecule has 1 fully saturated rings. The Morgan fingerprint density at radius 3 is 2.65 bits per heavy atom. The number of anilines is 1. The van der Waals surface area contributed by atoms with Gasteiger partial charge in [0.25, 0.3) is 0 Å². The van der Waals surface area contributed by atoms with Gasteiger partial charge in [-0.1, -0.05) is 40.9 Å². The lowest BCUT2D eigenvalue weighted by Gasteiger charge is -2.07. The maximum absolute atomic E-state index is 3.51. The fraction of sp³-hybridized carbons (Fsp3) is 0.333. The zero-order chi connectivity index (χ0) is 11.7. The van der Waals surface area contributed by atoms with Crippen molar-refractivity contribution < 1.29 is 0 Å². The maximum Gasteiger partial charge on any atom is 0.0346 e. The van der Waals surface area contributed by atoms with Crippen molar-refractivity contribution in [3.8, 4) is 0 Å². The second-order valence-electron chi connectivity index (χ2n) is 4.87. The lowest BCUT2D eigenvalue weighted by molar-refractivity contribution is 0.760. The van der Waals surface area contributed by atoms with Crippen LogP contribution in [0.2, 0.25) is 0 Å². The average molecular weight is 290 g/mol. The minimum Gasteiger partial charge on any atom is -0.385 e. The topological polar surface area (TPSA) is 12.0 Å². The van der Waals surface area contributed by atoms with Gasteiger partial charge in [-0.25, -0.2) is 0 Å². The third-order valence-electron chi connectivity index (χ3n) is 3.38. The summed E-state index contributed by atoms with van der Waals surface area (Å²) in [5.41, 5.74) is 1.24. The summed E-state index contributed by atoms with van der Waals surface area (Å²) in [5.74, 6) is 0.999. The SMILES string of the molecule is Brc1ccc2cc(NCCC3CC3)ccc2c1. The van der Waals surface area contributed by atoms with Crippen molar-refractivity contribution in [3.63, 3.8) is 0 Å². The summed E-state index contributed by atoms with van der Waals surface area (Å²) in [6, 6.07) is 13.0. The van der Waals surface area contributed by atoms with Crippen LogP contribution >= 0.6 is 15.9 Å². The molecule has 0 heterocycles. The largest absolute Gasteiger partial charge is 0.385 e. The number of hydrogen-bond acceptors (Lipinski definition) is 1. The zero-order valence-corrected chi connectivity index (χ0v) is 11.3. The van der Waals surface area contributed by atoms with Gasteiger partial charge >= 0.3 is 0 Å². The van der Waals surface area contributed by atoms with Crippen molar-refractivity contribution in [3.05, 3.63) is 40.9 Å². The Labute approximate surface area is 110 Å². The summed E-state index contributed by atoms with van der Waals surface area (Å²) in [6.45, 7) is 1.10. The molecular weight excluding hydrogens is 274 g/mol. The Morgan fingerprint density at radius 1 is 1.06 bits per heavy atom. The predicted molar refractivity (Wildman–Crippen MR) is 77.5 cm³/mol. The lowest BCUT2D eigenvalue weighted by atomic mass is 10.1. The van der Waals surface area contributed by atoms with E-state index in [1.165, 1.54) is 35.7 Å². The maximum atomic E-state index is 3.51. The zero-order valence-electron chi connectivity index (χ0n) is 9.75. The number of benzene rings is 2. The monoisotopic (exact) mass is 289 g/mol. The molecule has 0 saturated heterocycles. The molecule has 2 heteroatoms. The Balaban J connectivity index is 1.73. The first kappa shape index (κ1) is 11.1. The number of hydrogen-bond donors (Lipinski definition) is 1. The molecule has 1 N–H and O–H groups in total. The molecule has 1 nitrogen and oxygen atoms in total. The summed E-state index contributed by atoms with van der Waals surface area (Å²) in [7, 11) is 0. The molecule has 3 rings (SSSR count). The Kier molecular flexibility index (Phi) is 3.06. The van der Waals surface area contributed by atoms with Crippen LogP contribution in [-0.4, -0.2) is 6.54 Å². The van der Waals surface area contributed by atoms with E-state index in [0.717, 1.165) is 16.9 Å². The van der Waals surface area contributed by atoms with Crippen LogP contribution in [0.15, 0.2) is 40.9 Å². The van der Waals surface area contributed by atoms with E-state index >= 15 is 0 Å². The molecule has 1 aliphatic rings. The average Bonchev–Trinajstić information content (AvgIpc) is 3.13. The van der Waals surface area contributed by atoms with E-state index in [2.05, 4.69) is 57.6 Å². The van der Waals surface area contributed by atoms with Gasteiger partial charge in [0.15, 0.2) is 0 Å². The molecular formula is C15H16BrN. The van der Waals surface area contributed by atoms with Crippen molar-refractivity contribution >= 4 is 32.4 Å². The second-order valence-corrected chi connectivity index (χ2v) is 5.78. The molecule has 1 saturated carbocycles. The Bertz CT molecular complexity index is 531. The first-order valence-corrected chi connectivity index (χ1v) is 7.04. The smallest absolute Gasteiger partial charge is 0.0346 e. The van der Waals surface area contributed by atoms with E-state index in [9.17, 15) is 0 Å². The van der Waals surface area contributed by atoms with Gasteiger partial charge in [0.2, 0.25) is 0 Å². The summed E-state index contributed by atoms with van der Waals surface area (Å²) < 4.78 is 1.14. The molecule has 2 aromatic rings. The van der Waals surface area contributed by atoms with Crippen LogP contribution in [0.4, 0.5) is 5.69 Å². The van der Waals surface area contributed by atoms with Gasteiger partial charge in [0, 0.05) is 16.7 Å². The highest BCUT2D eigenvalue weighted by molar-refractivity contribution is 9.10. The quantitative estimate of drug-likeness (QED) is 0.851. The van der Waals surface area contributed by atoms with E-state index in [4.69, 9.17) is 0 Å². The van der Waals surface area contributed by atoms with Gasteiger partial charge in [-0.15, -0.1) is 0 Å². The molecule has 0 radical (unpaired) electrons. The first-order valence-electron chi connectivity index (χ1n) is 6.24. The van der Waals surface area contributed by atoms with Crippen LogP contribution in [0.3, 0.4) is 0 Å². The van der Waals surface area contributed by atoms with Gasteiger partial charge < -0.3 is 5.32 Å². The minimum absolute atomic E-state index is 0.999. The van der Waals surface area contributed by atoms with Crippen molar-refractivity contribution in [1.82, 2.24) is 0 Å². The Hall–Kier alpha value is -1.02. The number of fused-ring (bicyclic) bond motifs is 1. The van der Waals surface area contributed by atoms with Crippen molar-refractivity contribution in [1.29, 1.82) is 0 Å². The highest BCUT2D eigenvalue weighted by Gasteiger charge is 2.19. The standard InChI is InChI=1S/C15H16BrN/c16-14-5-3-13-10-15(6-4-12(13)9-14)17-8-7-11-1-2-11/h3-6,9-11,17H,1-2,7-8H2. The fourth-order valence-electron chi connectivity index (χ4n) is 2.15. The molecule has 0 spiro atoms. The normalized spacial score (nSPS) is 15.1. The highest BCUT2D eigenvalue weighted by Crippen LogP contribution is 2.32. The second kappa shape index (κ2) is 4.69. The summed E-state index contributed by atoms with van der Waals surface area (Å²) in [5, 5.41) is 6.09. The third kappa shape index (κ3) is 2.81. The van der Waals surface area contributed by atoms with Crippen LogP contribution in [-0.2, 0) is 0 Å². The van der Waals surface area contributed by atoms with Gasteiger partial charge in [0.1, 0.15) is 0 Å². The summed E-state index contributed by atoms with van der Waals surface area (Å²) in [6.07, 6.45) is 4.19. The first-order chi connectivity index (χ1) is 8.31. The molecule has 0 bridgehead atoms. The summed E-state index contributed by atoms with van der Waals surface area (Å²) in [4.78, 5) is 0. The third-order valence-corrected chi connectivity index (χ3v) is 3.87. The van der Waals surface area contributed by atoms with Crippen LogP contribution in [0.1, 0.15) is 19.3 Å². The lowest BCUT2D eigenvalue weighted by Crippen LogP contribution is -2.01. The molecule has 2 aromatic carbocycles. The molecule has 0 atom stereocenters. The van der Waals surface area contributed by atoms with E-state index in [1.54, 1.807) is 0 Å². The molecule has 1 aliphatic carbocycles. The van der Waals surface area contributed by atoms with Gasteiger partial charge in [-0.2, -0.15) is 0 Å². The van der Waals surface area contributed by atoms with Gasteiger partial charge in [0.05, 0.1) is 0 Å². The van der Waals surface area contributed by atoms with E-state index < -0.39 is 0 Å². The number of rotatable bonds is 4. The molecule has 0 aliphatic heterocycles. The number of nitrogens with one attached hydrogen (secondary N) is 1. The van der Waals surface area contributed by atoms with E-state index in [-0.39, 0.29) is 0 Å². The predicted octanol–water partition coefficient (Wildman–Crippen LogP) is 4.81. The van der Waals surface area contributed by atoms with Crippen molar-refractivity contribution in [2.24, 2.45) is 5.92 Å². The molecule has 17 heavy (non-hydrogen) atoms. The van der Waals surface area contributed by atoms with Crippen molar-refractivity contribution in [2.45, 2.75) is 19.3 Å². The molecule has 0 unspecified atom stereocenters. The van der Waals surface area contributed by atoms with Crippen molar-refractivity contribution in [2.75, 3.05) is 11.9 Å². The highest BCUT2D eigenvalue weighted by atomic mass is 79.9. The van der Waals surface area contributed by atoms with Crippen LogP contribution in [0.25, 0.3) is 10.8 Å². The van der Waals surface area contributed by atoms with Crippen LogP contribution in [0, 0.1) is 5.92 Å². The molecule has 0 amide bonds. The fourth-order valence-corrected chi connectivity index (χ4v) is 2.53. The van der Waals surface area contributed by atoms with E-state index in [0.29, 0.717) is 0 Å². The van der Waals surface area contributed by atoms with Crippen LogP contribution < -0.4 is 5.32 Å². The van der Waals surface area contributed by atoms with Gasteiger partial charge in [-0.05, 0) is 47.4 Å². The molecule has 88 valence electrons. The number of halogens is 1. The minimum atomic E-state index is 0.999. The molecule has 0 aromatic heterocycles. The Morgan fingerprint density at radius 2 is 1.82 bits per heavy atom. The van der Waals surface area contributed by atoms with Crippen LogP contribution in [0.5, 0.6) is 0 Å². The summed E-state index contributed by atoms with van der Waals surface area (Å²) >= 11 is 3.50.